The number of hydrogen-bond donors (Lipinski definition) is 1. The molecule has 1 aliphatic rings. The Labute approximate surface area is 123 Å². The molecule has 22 heavy (non-hydrogen) atoms. The first-order valence-corrected chi connectivity index (χ1v) is 6.46. The minimum Gasteiger partial charge on any atom is -0.365 e. The first-order chi connectivity index (χ1) is 10.2. The van der Waals surface area contributed by atoms with Gasteiger partial charge in [-0.05, 0) is 12.8 Å². The Hall–Kier alpha value is -2.39. The first kappa shape index (κ1) is 16.0. The maximum Gasteiger partial charge on any atom is 0.393 e. The van der Waals surface area contributed by atoms with Crippen molar-refractivity contribution >= 4 is 17.4 Å². The van der Waals surface area contributed by atoms with Crippen molar-refractivity contribution in [2.24, 2.45) is 11.7 Å². The highest BCUT2D eigenvalue weighted by Gasteiger charge is 2.42. The number of anilines is 1. The van der Waals surface area contributed by atoms with Gasteiger partial charge in [-0.3, -0.25) is 14.9 Å². The minimum atomic E-state index is -4.34. The Morgan fingerprint density at radius 1 is 1.50 bits per heavy atom. The molecule has 1 saturated heterocycles. The molecule has 1 atom stereocenters. The van der Waals surface area contributed by atoms with Crippen LogP contribution in [0.3, 0.4) is 0 Å². The van der Waals surface area contributed by atoms with Gasteiger partial charge in [-0.15, -0.1) is 0 Å². The maximum absolute atomic E-state index is 12.8. The molecule has 1 aromatic heterocycles. The van der Waals surface area contributed by atoms with Gasteiger partial charge in [0.05, 0.1) is 16.4 Å². The summed E-state index contributed by atoms with van der Waals surface area (Å²) in [5.41, 5.74) is 4.46. The zero-order valence-corrected chi connectivity index (χ0v) is 11.3. The van der Waals surface area contributed by atoms with E-state index >= 15 is 0 Å². The van der Waals surface area contributed by atoms with Crippen LogP contribution in [0.25, 0.3) is 0 Å². The Morgan fingerprint density at radius 2 is 2.18 bits per heavy atom. The summed E-state index contributed by atoms with van der Waals surface area (Å²) in [5.74, 6) is -2.55. The molecular weight excluding hydrogens is 305 g/mol. The van der Waals surface area contributed by atoms with Crippen molar-refractivity contribution in [3.63, 3.8) is 0 Å². The summed E-state index contributed by atoms with van der Waals surface area (Å²) in [6.07, 6.45) is -3.16. The van der Waals surface area contributed by atoms with Gasteiger partial charge in [0, 0.05) is 19.2 Å². The molecule has 0 aromatic carbocycles. The molecule has 0 saturated carbocycles. The molecule has 0 unspecified atom stereocenters. The van der Waals surface area contributed by atoms with Crippen molar-refractivity contribution in [3.05, 3.63) is 27.9 Å². The number of pyridine rings is 1. The van der Waals surface area contributed by atoms with E-state index in [0.717, 1.165) is 12.3 Å². The van der Waals surface area contributed by atoms with E-state index < -0.39 is 28.6 Å². The smallest absolute Gasteiger partial charge is 0.365 e. The average Bonchev–Trinajstić information content (AvgIpc) is 2.45. The van der Waals surface area contributed by atoms with Gasteiger partial charge in [-0.1, -0.05) is 0 Å². The summed E-state index contributed by atoms with van der Waals surface area (Å²) in [6.45, 7) is -0.0771. The average molecular weight is 318 g/mol. The van der Waals surface area contributed by atoms with Gasteiger partial charge < -0.3 is 10.6 Å². The Morgan fingerprint density at radius 3 is 2.73 bits per heavy atom. The second-order valence-electron chi connectivity index (χ2n) is 5.01. The molecule has 10 heteroatoms. The number of nitrogens with zero attached hydrogens (tertiary/aromatic N) is 3. The lowest BCUT2D eigenvalue weighted by molar-refractivity contribution is -0.385. The van der Waals surface area contributed by atoms with E-state index in [4.69, 9.17) is 5.73 Å². The number of rotatable bonds is 3. The molecule has 0 spiro atoms. The SMILES string of the molecule is NC(=O)c1cc([N+](=O)[O-])cnc1N1CCC[C@@H](C(F)(F)F)C1. The van der Waals surface area contributed by atoms with E-state index in [0.29, 0.717) is 0 Å². The van der Waals surface area contributed by atoms with E-state index in [2.05, 4.69) is 4.98 Å². The highest BCUT2D eigenvalue weighted by Crippen LogP contribution is 2.35. The zero-order valence-electron chi connectivity index (χ0n) is 11.3. The number of primary amides is 1. The largest absolute Gasteiger partial charge is 0.393 e. The van der Waals surface area contributed by atoms with Crippen LogP contribution in [0.4, 0.5) is 24.7 Å². The number of nitrogens with two attached hydrogens (primary N) is 1. The normalized spacial score (nSPS) is 19.0. The van der Waals surface area contributed by atoms with Crippen LogP contribution in [0.15, 0.2) is 12.3 Å². The molecule has 0 bridgehead atoms. The highest BCUT2D eigenvalue weighted by molar-refractivity contribution is 5.98. The fourth-order valence-corrected chi connectivity index (χ4v) is 2.42. The lowest BCUT2D eigenvalue weighted by Crippen LogP contribution is -2.42. The molecular formula is C12H13F3N4O3. The quantitative estimate of drug-likeness (QED) is 0.677. The Bertz CT molecular complexity index is 606. The van der Waals surface area contributed by atoms with Gasteiger partial charge in [0.1, 0.15) is 12.0 Å². The van der Waals surface area contributed by atoms with Gasteiger partial charge in [0.25, 0.3) is 11.6 Å². The fraction of sp³-hybridized carbons (Fsp3) is 0.500. The summed E-state index contributed by atoms with van der Waals surface area (Å²) in [4.78, 5) is 26.4. The number of amides is 1. The zero-order chi connectivity index (χ0) is 16.5. The molecule has 0 aliphatic carbocycles. The van der Waals surface area contributed by atoms with Crippen molar-refractivity contribution in [1.29, 1.82) is 0 Å². The standard InChI is InChI=1S/C12H13F3N4O3/c13-12(14,15)7-2-1-3-18(6-7)11-9(10(16)20)4-8(5-17-11)19(21)22/h4-5,7H,1-3,6H2,(H2,16,20)/t7-/m1/s1. The topological polar surface area (TPSA) is 102 Å². The second kappa shape index (κ2) is 5.78. The lowest BCUT2D eigenvalue weighted by atomic mass is 9.97. The Kier molecular flexibility index (Phi) is 4.20. The predicted molar refractivity (Wildman–Crippen MR) is 70.4 cm³/mol. The van der Waals surface area contributed by atoms with Crippen molar-refractivity contribution in [3.8, 4) is 0 Å². The molecule has 2 N–H and O–H groups in total. The fourth-order valence-electron chi connectivity index (χ4n) is 2.42. The van der Waals surface area contributed by atoms with E-state index in [1.807, 2.05) is 0 Å². The van der Waals surface area contributed by atoms with E-state index in [1.165, 1.54) is 4.90 Å². The van der Waals surface area contributed by atoms with Crippen LogP contribution >= 0.6 is 0 Å². The molecule has 1 aromatic rings. The minimum absolute atomic E-state index is 0.00111. The molecule has 120 valence electrons. The number of carbonyl (C=O) groups excluding carboxylic acids is 1. The summed E-state index contributed by atoms with van der Waals surface area (Å²) < 4.78 is 38.5. The first-order valence-electron chi connectivity index (χ1n) is 6.46. The van der Waals surface area contributed by atoms with Crippen molar-refractivity contribution < 1.29 is 22.9 Å². The number of carbonyl (C=O) groups is 1. The third-order valence-electron chi connectivity index (χ3n) is 3.51. The number of nitro groups is 1. The van der Waals surface area contributed by atoms with Crippen LogP contribution in [-0.4, -0.2) is 35.1 Å². The van der Waals surface area contributed by atoms with E-state index in [-0.39, 0.29) is 37.3 Å². The molecule has 7 nitrogen and oxygen atoms in total. The highest BCUT2D eigenvalue weighted by atomic mass is 19.4. The molecule has 2 rings (SSSR count). The summed E-state index contributed by atoms with van der Waals surface area (Å²) in [5, 5.41) is 10.7. The van der Waals surface area contributed by atoms with Crippen molar-refractivity contribution in [2.45, 2.75) is 19.0 Å². The third-order valence-corrected chi connectivity index (χ3v) is 3.51. The predicted octanol–water partition coefficient (Wildman–Crippen LogP) is 1.87. The number of aromatic nitrogens is 1. The van der Waals surface area contributed by atoms with Crippen LogP contribution in [0, 0.1) is 16.0 Å². The number of hydrogen-bond acceptors (Lipinski definition) is 5. The van der Waals surface area contributed by atoms with Crippen LogP contribution in [-0.2, 0) is 0 Å². The van der Waals surface area contributed by atoms with Gasteiger partial charge in [0.15, 0.2) is 0 Å². The summed E-state index contributed by atoms with van der Waals surface area (Å²) in [6, 6.07) is 0.932. The number of piperidine rings is 1. The van der Waals surface area contributed by atoms with Gasteiger partial charge in [-0.25, -0.2) is 4.98 Å². The van der Waals surface area contributed by atoms with Gasteiger partial charge >= 0.3 is 6.18 Å². The second-order valence-corrected chi connectivity index (χ2v) is 5.01. The molecule has 1 fully saturated rings. The van der Waals surface area contributed by atoms with Crippen molar-refractivity contribution in [2.75, 3.05) is 18.0 Å². The Balaban J connectivity index is 2.35. The van der Waals surface area contributed by atoms with Crippen LogP contribution in [0.2, 0.25) is 0 Å². The summed E-state index contributed by atoms with van der Waals surface area (Å²) >= 11 is 0. The van der Waals surface area contributed by atoms with Gasteiger partial charge in [0.2, 0.25) is 0 Å². The number of halogens is 3. The van der Waals surface area contributed by atoms with Crippen LogP contribution in [0.5, 0.6) is 0 Å². The molecule has 0 radical (unpaired) electrons. The van der Waals surface area contributed by atoms with E-state index in [1.54, 1.807) is 0 Å². The van der Waals surface area contributed by atoms with E-state index in [9.17, 15) is 28.1 Å². The third kappa shape index (κ3) is 3.26. The summed E-state index contributed by atoms with van der Waals surface area (Å²) in [7, 11) is 0. The van der Waals surface area contributed by atoms with Crippen LogP contribution < -0.4 is 10.6 Å². The molecule has 2 heterocycles. The lowest BCUT2D eigenvalue weighted by Gasteiger charge is -2.35. The monoisotopic (exact) mass is 318 g/mol. The molecule has 1 amide bonds. The maximum atomic E-state index is 12.8. The molecule has 1 aliphatic heterocycles. The van der Waals surface area contributed by atoms with Crippen LogP contribution in [0.1, 0.15) is 23.2 Å². The van der Waals surface area contributed by atoms with Crippen molar-refractivity contribution in [1.82, 2.24) is 4.98 Å². The van der Waals surface area contributed by atoms with Gasteiger partial charge in [-0.2, -0.15) is 13.2 Å². The number of alkyl halides is 3.